The molecule has 0 unspecified atom stereocenters. The standard InChI is InChI=1S/C21H18N2.C6H7NO/c1-4-10-18(11-5-1)16-22-21(20-14-8-3-9-15-20)23-17-19-12-6-2-7-13-19;1-7-4-2-3-6(7)5-8/h1-17,21H;2-5H,1H3. The van der Waals surface area contributed by atoms with Gasteiger partial charge in [0.15, 0.2) is 12.5 Å². The minimum Gasteiger partial charge on any atom is -0.348 e. The Balaban J connectivity index is 0.000000287. The molecule has 154 valence electrons. The minimum absolute atomic E-state index is 0.239. The largest absolute Gasteiger partial charge is 0.348 e. The van der Waals surface area contributed by atoms with Gasteiger partial charge in [-0.25, -0.2) is 0 Å². The van der Waals surface area contributed by atoms with Gasteiger partial charge in [0.05, 0.1) is 5.69 Å². The molecule has 0 bridgehead atoms. The fourth-order valence-corrected chi connectivity index (χ4v) is 2.82. The second kappa shape index (κ2) is 11.8. The van der Waals surface area contributed by atoms with E-state index in [9.17, 15) is 4.79 Å². The molecule has 0 aliphatic heterocycles. The van der Waals surface area contributed by atoms with Crippen LogP contribution < -0.4 is 0 Å². The lowest BCUT2D eigenvalue weighted by Crippen LogP contribution is -1.94. The Morgan fingerprint density at radius 3 is 1.55 bits per heavy atom. The van der Waals surface area contributed by atoms with E-state index in [2.05, 4.69) is 22.1 Å². The highest BCUT2D eigenvalue weighted by Crippen LogP contribution is 2.18. The van der Waals surface area contributed by atoms with E-state index in [0.29, 0.717) is 5.69 Å². The number of aldehydes is 1. The number of hydrogen-bond acceptors (Lipinski definition) is 3. The fraction of sp³-hybridized carbons (Fsp3) is 0.0741. The van der Waals surface area contributed by atoms with E-state index in [1.807, 2.05) is 111 Å². The monoisotopic (exact) mass is 407 g/mol. The quantitative estimate of drug-likeness (QED) is 0.296. The van der Waals surface area contributed by atoms with Gasteiger partial charge in [0.25, 0.3) is 0 Å². The molecule has 0 saturated carbocycles. The molecule has 4 rings (SSSR count). The van der Waals surface area contributed by atoms with Gasteiger partial charge in [-0.05, 0) is 28.8 Å². The predicted molar refractivity (Wildman–Crippen MR) is 128 cm³/mol. The summed E-state index contributed by atoms with van der Waals surface area (Å²) in [4.78, 5) is 19.4. The second-order valence-electron chi connectivity index (χ2n) is 6.82. The van der Waals surface area contributed by atoms with Gasteiger partial charge in [-0.2, -0.15) is 0 Å². The van der Waals surface area contributed by atoms with Crippen LogP contribution in [-0.2, 0) is 7.05 Å². The summed E-state index contributed by atoms with van der Waals surface area (Å²) >= 11 is 0. The van der Waals surface area contributed by atoms with Crippen molar-refractivity contribution in [2.45, 2.75) is 6.17 Å². The van der Waals surface area contributed by atoms with Crippen LogP contribution >= 0.6 is 0 Å². The first-order valence-electron chi connectivity index (χ1n) is 10.0. The van der Waals surface area contributed by atoms with Crippen LogP contribution in [0.25, 0.3) is 0 Å². The molecule has 0 radical (unpaired) electrons. The van der Waals surface area contributed by atoms with E-state index in [1.165, 1.54) is 0 Å². The van der Waals surface area contributed by atoms with Crippen LogP contribution in [0.5, 0.6) is 0 Å². The van der Waals surface area contributed by atoms with Crippen molar-refractivity contribution >= 4 is 18.7 Å². The van der Waals surface area contributed by atoms with Gasteiger partial charge in [-0.1, -0.05) is 91.0 Å². The number of aliphatic imine (C=N–C) groups is 2. The molecule has 0 amide bonds. The summed E-state index contributed by atoms with van der Waals surface area (Å²) in [5.74, 6) is 0. The second-order valence-corrected chi connectivity index (χ2v) is 6.82. The Morgan fingerprint density at radius 2 is 1.16 bits per heavy atom. The third-order valence-electron chi connectivity index (χ3n) is 4.53. The highest BCUT2D eigenvalue weighted by atomic mass is 16.1. The van der Waals surface area contributed by atoms with Crippen molar-refractivity contribution in [3.05, 3.63) is 132 Å². The Hall–Kier alpha value is -4.05. The molecule has 3 aromatic carbocycles. The van der Waals surface area contributed by atoms with Crippen molar-refractivity contribution in [1.29, 1.82) is 0 Å². The SMILES string of the molecule is C(=NC(N=Cc1ccccc1)c1ccccc1)c1ccccc1.Cn1cccc1C=O. The van der Waals surface area contributed by atoms with Gasteiger partial charge in [0, 0.05) is 25.7 Å². The predicted octanol–water partition coefficient (Wildman–Crippen LogP) is 5.76. The molecular weight excluding hydrogens is 382 g/mol. The molecule has 4 heteroatoms. The summed E-state index contributed by atoms with van der Waals surface area (Å²) in [5.41, 5.74) is 3.93. The Kier molecular flexibility index (Phi) is 8.26. The van der Waals surface area contributed by atoms with Crippen LogP contribution in [0.3, 0.4) is 0 Å². The van der Waals surface area contributed by atoms with Gasteiger partial charge in [-0.3, -0.25) is 14.8 Å². The van der Waals surface area contributed by atoms with E-state index in [4.69, 9.17) is 0 Å². The van der Waals surface area contributed by atoms with E-state index < -0.39 is 0 Å². The van der Waals surface area contributed by atoms with E-state index in [-0.39, 0.29) is 6.17 Å². The number of carbonyl (C=O) groups is 1. The number of aryl methyl sites for hydroxylation is 1. The molecule has 0 spiro atoms. The highest BCUT2D eigenvalue weighted by molar-refractivity contribution is 5.81. The van der Waals surface area contributed by atoms with Gasteiger partial charge < -0.3 is 4.57 Å². The topological polar surface area (TPSA) is 46.7 Å². The minimum atomic E-state index is -0.239. The number of rotatable bonds is 6. The number of nitrogens with zero attached hydrogens (tertiary/aromatic N) is 3. The molecule has 1 heterocycles. The molecule has 31 heavy (non-hydrogen) atoms. The molecule has 0 saturated heterocycles. The highest BCUT2D eigenvalue weighted by Gasteiger charge is 2.05. The molecule has 0 atom stereocenters. The van der Waals surface area contributed by atoms with Crippen LogP contribution in [0.15, 0.2) is 119 Å². The molecule has 0 fully saturated rings. The number of aromatic nitrogens is 1. The van der Waals surface area contributed by atoms with Crippen LogP contribution in [0.1, 0.15) is 33.3 Å². The summed E-state index contributed by atoms with van der Waals surface area (Å²) in [6.07, 6.45) is 6.18. The molecule has 4 nitrogen and oxygen atoms in total. The Bertz CT molecular complexity index is 1050. The fourth-order valence-electron chi connectivity index (χ4n) is 2.82. The maximum atomic E-state index is 10.1. The van der Waals surface area contributed by atoms with Crippen LogP contribution in [-0.4, -0.2) is 23.3 Å². The third kappa shape index (κ3) is 7.05. The van der Waals surface area contributed by atoms with Crippen molar-refractivity contribution in [2.75, 3.05) is 0 Å². The lowest BCUT2D eigenvalue weighted by molar-refractivity contribution is 0.111. The molecule has 0 aliphatic rings. The number of carbonyl (C=O) groups excluding carboxylic acids is 1. The summed E-state index contributed by atoms with van der Waals surface area (Å²) in [5, 5.41) is 0. The van der Waals surface area contributed by atoms with Crippen LogP contribution in [0.2, 0.25) is 0 Å². The maximum Gasteiger partial charge on any atom is 0.166 e. The summed E-state index contributed by atoms with van der Waals surface area (Å²) in [6.45, 7) is 0. The molecule has 1 aromatic heterocycles. The lowest BCUT2D eigenvalue weighted by Gasteiger charge is -2.07. The van der Waals surface area contributed by atoms with Gasteiger partial charge >= 0.3 is 0 Å². The van der Waals surface area contributed by atoms with Crippen molar-refractivity contribution in [3.8, 4) is 0 Å². The van der Waals surface area contributed by atoms with Crippen molar-refractivity contribution < 1.29 is 4.79 Å². The molecule has 0 aliphatic carbocycles. The first-order valence-corrected chi connectivity index (χ1v) is 10.0. The molecule has 0 N–H and O–H groups in total. The molecule has 4 aromatic rings. The maximum absolute atomic E-state index is 10.1. The van der Waals surface area contributed by atoms with Crippen LogP contribution in [0.4, 0.5) is 0 Å². The summed E-state index contributed by atoms with van der Waals surface area (Å²) in [7, 11) is 1.84. The Labute approximate surface area is 183 Å². The average Bonchev–Trinajstić information content (AvgIpc) is 3.26. The number of hydrogen-bond donors (Lipinski definition) is 0. The molecular formula is C27H25N3O. The van der Waals surface area contributed by atoms with Crippen LogP contribution in [0, 0.1) is 0 Å². The summed E-state index contributed by atoms with van der Waals surface area (Å²) < 4.78 is 1.77. The zero-order valence-corrected chi connectivity index (χ0v) is 17.5. The van der Waals surface area contributed by atoms with Crippen molar-refractivity contribution in [1.82, 2.24) is 4.57 Å². The van der Waals surface area contributed by atoms with Gasteiger partial charge in [0.2, 0.25) is 0 Å². The van der Waals surface area contributed by atoms with Crippen molar-refractivity contribution in [3.63, 3.8) is 0 Å². The normalized spacial score (nSPS) is 11.8. The van der Waals surface area contributed by atoms with E-state index in [0.717, 1.165) is 23.0 Å². The van der Waals surface area contributed by atoms with E-state index in [1.54, 1.807) is 10.6 Å². The average molecular weight is 408 g/mol. The Morgan fingerprint density at radius 1 is 0.677 bits per heavy atom. The zero-order chi connectivity index (χ0) is 21.7. The van der Waals surface area contributed by atoms with E-state index >= 15 is 0 Å². The van der Waals surface area contributed by atoms with Gasteiger partial charge in [-0.15, -0.1) is 0 Å². The smallest absolute Gasteiger partial charge is 0.166 e. The van der Waals surface area contributed by atoms with Crippen molar-refractivity contribution in [2.24, 2.45) is 17.0 Å². The first kappa shape index (κ1) is 21.7. The van der Waals surface area contributed by atoms with Gasteiger partial charge in [0.1, 0.15) is 0 Å². The third-order valence-corrected chi connectivity index (χ3v) is 4.53. The number of benzene rings is 3. The summed E-state index contributed by atoms with van der Waals surface area (Å²) in [6, 6.07) is 33.9. The zero-order valence-electron chi connectivity index (χ0n) is 17.5. The lowest BCUT2D eigenvalue weighted by atomic mass is 10.1. The first-order chi connectivity index (χ1) is 15.3.